The van der Waals surface area contributed by atoms with E-state index in [1.807, 2.05) is 0 Å². The minimum atomic E-state index is -4.17. The maximum absolute atomic E-state index is 11.4. The minimum Gasteiger partial charge on any atom is -0.480 e. The van der Waals surface area contributed by atoms with Gasteiger partial charge in [-0.3, -0.25) is 19.1 Å². The lowest BCUT2D eigenvalue weighted by atomic mass is 10.3. The first-order valence-corrected chi connectivity index (χ1v) is 6.34. The zero-order chi connectivity index (χ0) is 12.3. The van der Waals surface area contributed by atoms with Crippen LogP contribution >= 0.6 is 7.60 Å². The fourth-order valence-electron chi connectivity index (χ4n) is 1.47. The molecule has 0 radical (unpaired) electrons. The number of piperazine rings is 1. The van der Waals surface area contributed by atoms with Crippen molar-refractivity contribution >= 4 is 19.5 Å². The topological polar surface area (TPSA) is 118 Å². The molecule has 1 aliphatic rings. The quantitative estimate of drug-likeness (QED) is 0.513. The molecule has 92 valence electrons. The molecule has 0 atom stereocenters. The predicted octanol–water partition coefficient (Wildman–Crippen LogP) is -1.65. The zero-order valence-electron chi connectivity index (χ0n) is 8.44. The largest absolute Gasteiger partial charge is 0.480 e. The van der Waals surface area contributed by atoms with Crippen molar-refractivity contribution < 1.29 is 29.0 Å². The maximum Gasteiger partial charge on any atom is 0.339 e. The van der Waals surface area contributed by atoms with E-state index >= 15 is 0 Å². The summed E-state index contributed by atoms with van der Waals surface area (Å²) < 4.78 is 10.7. The van der Waals surface area contributed by atoms with Crippen LogP contribution in [0.3, 0.4) is 0 Å². The third-order valence-electron chi connectivity index (χ3n) is 2.11. The van der Waals surface area contributed by atoms with Crippen LogP contribution < -0.4 is 0 Å². The Labute approximate surface area is 91.6 Å². The van der Waals surface area contributed by atoms with E-state index in [-0.39, 0.29) is 26.2 Å². The fraction of sp³-hybridized carbons (Fsp3) is 0.714. The summed E-state index contributed by atoms with van der Waals surface area (Å²) >= 11 is 0. The van der Waals surface area contributed by atoms with Crippen LogP contribution in [0.5, 0.6) is 0 Å². The molecular weight excluding hydrogens is 239 g/mol. The van der Waals surface area contributed by atoms with E-state index in [2.05, 4.69) is 0 Å². The Balaban J connectivity index is 2.49. The summed E-state index contributed by atoms with van der Waals surface area (Å²) in [5.41, 5.74) is 0. The van der Waals surface area contributed by atoms with E-state index in [0.29, 0.717) is 0 Å². The van der Waals surface area contributed by atoms with Crippen molar-refractivity contribution in [2.45, 2.75) is 0 Å². The van der Waals surface area contributed by atoms with Gasteiger partial charge >= 0.3 is 13.6 Å². The predicted molar refractivity (Wildman–Crippen MR) is 52.7 cm³/mol. The third kappa shape index (κ3) is 4.28. The number of aliphatic carboxylic acids is 1. The van der Waals surface area contributed by atoms with Gasteiger partial charge in [-0.25, -0.2) is 0 Å². The number of hydrogen-bond acceptors (Lipinski definition) is 4. The van der Waals surface area contributed by atoms with Crippen molar-refractivity contribution in [3.05, 3.63) is 0 Å². The average molecular weight is 252 g/mol. The summed E-state index contributed by atoms with van der Waals surface area (Å²) in [5, 5.41) is 8.50. The normalized spacial score (nSPS) is 18.9. The number of rotatable bonds is 4. The molecule has 1 heterocycles. The molecule has 0 bridgehead atoms. The van der Waals surface area contributed by atoms with Crippen molar-refractivity contribution in [1.29, 1.82) is 0 Å². The molecule has 3 N–H and O–H groups in total. The second-order valence-electron chi connectivity index (χ2n) is 3.57. The van der Waals surface area contributed by atoms with Gasteiger partial charge in [0, 0.05) is 13.1 Å². The molecule has 0 aromatic heterocycles. The number of carbonyl (C=O) groups is 2. The number of carbonyl (C=O) groups excluding carboxylic acids is 1. The molecule has 1 amide bonds. The second-order valence-corrected chi connectivity index (χ2v) is 5.18. The molecule has 0 aliphatic carbocycles. The number of carboxylic acid groups (broad SMARTS) is 1. The molecule has 1 rings (SSSR count). The Bertz CT molecular complexity index is 340. The van der Waals surface area contributed by atoms with Gasteiger partial charge in [0.15, 0.2) is 0 Å². The Morgan fingerprint density at radius 2 is 2.00 bits per heavy atom. The van der Waals surface area contributed by atoms with Crippen LogP contribution in [-0.2, 0) is 14.2 Å². The number of hydrogen-bond donors (Lipinski definition) is 3. The van der Waals surface area contributed by atoms with Gasteiger partial charge in [-0.2, -0.15) is 0 Å². The summed E-state index contributed by atoms with van der Waals surface area (Å²) in [5.74, 6) is -1.53. The molecule has 1 aliphatic heterocycles. The van der Waals surface area contributed by atoms with Crippen molar-refractivity contribution in [2.75, 3.05) is 32.5 Å². The molecule has 0 spiro atoms. The lowest BCUT2D eigenvalue weighted by Crippen LogP contribution is -2.51. The Morgan fingerprint density at radius 3 is 2.44 bits per heavy atom. The summed E-state index contributed by atoms with van der Waals surface area (Å²) in [4.78, 5) is 41.7. The molecule has 0 aromatic carbocycles. The van der Waals surface area contributed by atoms with Crippen molar-refractivity contribution in [3.63, 3.8) is 0 Å². The highest BCUT2D eigenvalue weighted by Crippen LogP contribution is 2.35. The van der Waals surface area contributed by atoms with Crippen LogP contribution in [0, 0.1) is 0 Å². The summed E-state index contributed by atoms with van der Waals surface area (Å²) in [6.45, 7) is -0.0871. The highest BCUT2D eigenvalue weighted by atomic mass is 31.2. The molecule has 0 saturated carbocycles. The van der Waals surface area contributed by atoms with Crippen molar-refractivity contribution in [1.82, 2.24) is 9.80 Å². The number of carboxylic acids is 1. The first-order valence-electron chi connectivity index (χ1n) is 4.54. The molecule has 8 nitrogen and oxygen atoms in total. The minimum absolute atomic E-state index is 0.154. The first-order chi connectivity index (χ1) is 7.28. The Morgan fingerprint density at radius 1 is 1.38 bits per heavy atom. The van der Waals surface area contributed by atoms with Crippen LogP contribution in [0.25, 0.3) is 0 Å². The first kappa shape index (κ1) is 13.1. The highest BCUT2D eigenvalue weighted by Gasteiger charge is 2.28. The van der Waals surface area contributed by atoms with Gasteiger partial charge in [0.1, 0.15) is 12.8 Å². The number of nitrogens with zero attached hydrogens (tertiary/aromatic N) is 2. The lowest BCUT2D eigenvalue weighted by Gasteiger charge is -2.33. The molecule has 0 unspecified atom stereocenters. The van der Waals surface area contributed by atoms with Gasteiger partial charge in [-0.15, -0.1) is 0 Å². The smallest absolute Gasteiger partial charge is 0.339 e. The van der Waals surface area contributed by atoms with E-state index in [0.717, 1.165) is 4.90 Å². The summed E-state index contributed by atoms with van der Waals surface area (Å²) in [6, 6.07) is 0. The molecule has 16 heavy (non-hydrogen) atoms. The molecular formula is C7H13N2O6P. The summed E-state index contributed by atoms with van der Waals surface area (Å²) in [6.07, 6.45) is -0.473. The van der Waals surface area contributed by atoms with Gasteiger partial charge in [0.2, 0.25) is 5.91 Å². The average Bonchev–Trinajstić information content (AvgIpc) is 2.06. The maximum atomic E-state index is 11.4. The van der Waals surface area contributed by atoms with E-state index in [9.17, 15) is 14.2 Å². The molecule has 9 heteroatoms. The monoisotopic (exact) mass is 252 g/mol. The van der Waals surface area contributed by atoms with Crippen molar-refractivity contribution in [3.8, 4) is 0 Å². The fourth-order valence-corrected chi connectivity index (χ4v) is 2.23. The zero-order valence-corrected chi connectivity index (χ0v) is 9.34. The van der Waals surface area contributed by atoms with Gasteiger partial charge in [0.05, 0.1) is 6.54 Å². The molecule has 0 aromatic rings. The summed E-state index contributed by atoms with van der Waals surface area (Å²) in [7, 11) is -4.17. The van der Waals surface area contributed by atoms with Crippen LogP contribution in [0.1, 0.15) is 0 Å². The van der Waals surface area contributed by atoms with Crippen LogP contribution in [0.2, 0.25) is 0 Å². The second kappa shape index (κ2) is 4.92. The lowest BCUT2D eigenvalue weighted by molar-refractivity contribution is -0.146. The van der Waals surface area contributed by atoms with Crippen molar-refractivity contribution in [2.24, 2.45) is 0 Å². The van der Waals surface area contributed by atoms with Crippen LogP contribution in [-0.4, -0.2) is 69.0 Å². The van der Waals surface area contributed by atoms with Crippen LogP contribution in [0.4, 0.5) is 0 Å². The standard InChI is InChI=1S/C7H13N2O6P/c10-6-3-8(5-16(13,14)15)1-2-9(6)4-7(11)12/h1-5H2,(H,11,12)(H2,13,14,15). The Kier molecular flexibility index (Phi) is 4.03. The van der Waals surface area contributed by atoms with Gasteiger partial charge in [-0.1, -0.05) is 0 Å². The third-order valence-corrected chi connectivity index (χ3v) is 2.88. The van der Waals surface area contributed by atoms with Crippen LogP contribution in [0.15, 0.2) is 0 Å². The van der Waals surface area contributed by atoms with Gasteiger partial charge in [-0.05, 0) is 0 Å². The highest BCUT2D eigenvalue weighted by molar-refractivity contribution is 7.51. The van der Waals surface area contributed by atoms with E-state index in [1.165, 1.54) is 4.90 Å². The van der Waals surface area contributed by atoms with Gasteiger partial charge in [0.25, 0.3) is 0 Å². The van der Waals surface area contributed by atoms with E-state index in [4.69, 9.17) is 14.9 Å². The molecule has 1 saturated heterocycles. The number of amides is 1. The van der Waals surface area contributed by atoms with E-state index < -0.39 is 25.8 Å². The van der Waals surface area contributed by atoms with E-state index in [1.54, 1.807) is 0 Å². The Hall–Kier alpha value is -0.950. The van der Waals surface area contributed by atoms with Gasteiger partial charge < -0.3 is 19.8 Å². The SMILES string of the molecule is O=C(O)CN1CCN(CP(=O)(O)O)CC1=O. The molecule has 1 fully saturated rings.